The molecular formula is CNa2O3Ti. The van der Waals surface area contributed by atoms with Crippen LogP contribution in [0.2, 0.25) is 0 Å². The molecule has 0 amide bonds. The van der Waals surface area contributed by atoms with Gasteiger partial charge in [0.05, 0.1) is 0 Å². The maximum Gasteiger partial charge on any atom is 1.00 e. The molecule has 0 saturated carbocycles. The van der Waals surface area contributed by atoms with Crippen molar-refractivity contribution in [3.63, 3.8) is 0 Å². The molecule has 0 aromatic carbocycles. The van der Waals surface area contributed by atoms with Gasteiger partial charge in [-0.05, 0) is 6.16 Å². The molecule has 0 spiro atoms. The molecule has 6 heteroatoms. The van der Waals surface area contributed by atoms with E-state index in [4.69, 9.17) is 15.0 Å². The first kappa shape index (κ1) is 23.1. The van der Waals surface area contributed by atoms with Gasteiger partial charge in [-0.3, -0.25) is 0 Å². The second kappa shape index (κ2) is 15.7. The molecule has 0 fully saturated rings. The Bertz CT molecular complexity index is 35.9. The van der Waals surface area contributed by atoms with Crippen molar-refractivity contribution in [2.45, 2.75) is 0 Å². The van der Waals surface area contributed by atoms with Crippen molar-refractivity contribution in [3.05, 3.63) is 0 Å². The van der Waals surface area contributed by atoms with Crippen LogP contribution in [0.25, 0.3) is 0 Å². The number of carboxylic acid groups (broad SMARTS) is 2. The van der Waals surface area contributed by atoms with E-state index in [0.29, 0.717) is 0 Å². The Morgan fingerprint density at radius 2 is 1.14 bits per heavy atom. The van der Waals surface area contributed by atoms with E-state index >= 15 is 0 Å². The quantitative estimate of drug-likeness (QED) is 0.325. The molecule has 0 aromatic heterocycles. The zero-order valence-electron chi connectivity index (χ0n) is 4.22. The fourth-order valence-electron chi connectivity index (χ4n) is 0. The Morgan fingerprint density at radius 3 is 1.14 bits per heavy atom. The second-order valence-corrected chi connectivity index (χ2v) is 0.250. The van der Waals surface area contributed by atoms with Gasteiger partial charge in [0.25, 0.3) is 0 Å². The normalized spacial score (nSPS) is 3.43. The molecule has 28 valence electrons. The molecule has 0 N–H and O–H groups in total. The molecule has 0 unspecified atom stereocenters. The van der Waals surface area contributed by atoms with Crippen molar-refractivity contribution >= 4 is 6.16 Å². The minimum Gasteiger partial charge on any atom is -0.652 e. The molecule has 3 nitrogen and oxygen atoms in total. The van der Waals surface area contributed by atoms with Crippen molar-refractivity contribution in [1.82, 2.24) is 0 Å². The first-order valence-electron chi connectivity index (χ1n) is 0.612. The standard InChI is InChI=1S/CH2O3.2Na.Ti/c2-1(3)4;;;/h(H2,2,3,4);;;/q;2*+1;/p-2. The average Bonchev–Trinajstić information content (AvgIpc) is 0.811. The van der Waals surface area contributed by atoms with Crippen molar-refractivity contribution in [2.75, 3.05) is 0 Å². The van der Waals surface area contributed by atoms with Crippen molar-refractivity contribution in [2.24, 2.45) is 0 Å². The zero-order valence-corrected chi connectivity index (χ0v) is 9.79. The molecule has 0 aliphatic heterocycles. The fraction of sp³-hybridized carbons (Fsp3) is 0. The van der Waals surface area contributed by atoms with Crippen LogP contribution in [-0.2, 0) is 21.7 Å². The van der Waals surface area contributed by atoms with Crippen molar-refractivity contribution in [3.8, 4) is 0 Å². The largest absolute Gasteiger partial charge is 1.00 e. The van der Waals surface area contributed by atoms with Gasteiger partial charge in [-0.2, -0.15) is 0 Å². The molecule has 0 radical (unpaired) electrons. The number of rotatable bonds is 0. The van der Waals surface area contributed by atoms with Crippen molar-refractivity contribution in [1.29, 1.82) is 0 Å². The fourth-order valence-corrected chi connectivity index (χ4v) is 0. The van der Waals surface area contributed by atoms with Gasteiger partial charge in [-0.15, -0.1) is 0 Å². The summed E-state index contributed by atoms with van der Waals surface area (Å²) < 4.78 is 0. The van der Waals surface area contributed by atoms with E-state index in [1.54, 1.807) is 0 Å². The molecule has 0 aromatic rings. The van der Waals surface area contributed by atoms with Gasteiger partial charge in [-0.1, -0.05) is 0 Å². The SMILES string of the molecule is O=C([O-])[O-].[Na+].[Na+].[Ti]. The van der Waals surface area contributed by atoms with Crippen molar-refractivity contribution < 1.29 is 95.8 Å². The Labute approximate surface area is 100 Å². The summed E-state index contributed by atoms with van der Waals surface area (Å²) in [5.74, 6) is 0. The predicted octanol–water partition coefficient (Wildman–Crippen LogP) is -8.44. The monoisotopic (exact) mass is 154 g/mol. The van der Waals surface area contributed by atoms with E-state index in [0.717, 1.165) is 0 Å². The molecule has 0 bridgehead atoms. The number of carbonyl (C=O) groups excluding carboxylic acids is 1. The summed E-state index contributed by atoms with van der Waals surface area (Å²) in [5, 5.41) is 16.7. The third-order valence-electron chi connectivity index (χ3n) is 0. The van der Waals surface area contributed by atoms with E-state index in [-0.39, 0.29) is 80.8 Å². The van der Waals surface area contributed by atoms with E-state index in [2.05, 4.69) is 0 Å². The Kier molecular flexibility index (Phi) is 51.6. The van der Waals surface area contributed by atoms with Crippen LogP contribution in [0.3, 0.4) is 0 Å². The zero-order chi connectivity index (χ0) is 3.58. The van der Waals surface area contributed by atoms with Crippen LogP contribution in [0, 0.1) is 0 Å². The summed E-state index contributed by atoms with van der Waals surface area (Å²) in [4.78, 5) is 8.33. The third kappa shape index (κ3) is 72.6. The van der Waals surface area contributed by atoms with Gasteiger partial charge in [0, 0.05) is 21.7 Å². The van der Waals surface area contributed by atoms with Gasteiger partial charge in [-0.25, -0.2) is 0 Å². The van der Waals surface area contributed by atoms with Crippen LogP contribution in [0.4, 0.5) is 4.79 Å². The first-order chi connectivity index (χ1) is 1.73. The van der Waals surface area contributed by atoms with Gasteiger partial charge in [0.1, 0.15) is 0 Å². The van der Waals surface area contributed by atoms with Gasteiger partial charge in [0.2, 0.25) is 0 Å². The molecule has 0 saturated heterocycles. The number of hydrogen-bond donors (Lipinski definition) is 0. The van der Waals surface area contributed by atoms with Gasteiger partial charge >= 0.3 is 59.1 Å². The Hall–Kier alpha value is 1.98. The third-order valence-corrected chi connectivity index (χ3v) is 0. The Balaban J connectivity index is -0.0000000150. The molecule has 0 atom stereocenters. The smallest absolute Gasteiger partial charge is 0.652 e. The van der Waals surface area contributed by atoms with Crippen LogP contribution in [0.15, 0.2) is 0 Å². The second-order valence-electron chi connectivity index (χ2n) is 0.250. The van der Waals surface area contributed by atoms with Crippen LogP contribution in [0.1, 0.15) is 0 Å². The minimum atomic E-state index is -2.33. The summed E-state index contributed by atoms with van der Waals surface area (Å²) in [6.07, 6.45) is -2.33. The van der Waals surface area contributed by atoms with E-state index in [9.17, 15) is 0 Å². The van der Waals surface area contributed by atoms with Crippen LogP contribution >= 0.6 is 0 Å². The number of hydrogen-bond acceptors (Lipinski definition) is 3. The average molecular weight is 154 g/mol. The maximum atomic E-state index is 8.33. The van der Waals surface area contributed by atoms with Crippen LogP contribution in [0.5, 0.6) is 0 Å². The summed E-state index contributed by atoms with van der Waals surface area (Å²) in [5.41, 5.74) is 0. The maximum absolute atomic E-state index is 8.33. The molecule has 0 heterocycles. The topological polar surface area (TPSA) is 63.2 Å². The summed E-state index contributed by atoms with van der Waals surface area (Å²) in [6.45, 7) is 0. The van der Waals surface area contributed by atoms with Crippen LogP contribution in [-0.4, -0.2) is 6.16 Å². The first-order valence-corrected chi connectivity index (χ1v) is 0.612. The van der Waals surface area contributed by atoms with E-state index in [1.165, 1.54) is 0 Å². The molecular weight excluding hydrogens is 154 g/mol. The summed E-state index contributed by atoms with van der Waals surface area (Å²) >= 11 is 0. The molecule has 0 aliphatic rings. The molecule has 0 rings (SSSR count). The van der Waals surface area contributed by atoms with Gasteiger partial charge in [0.15, 0.2) is 0 Å². The van der Waals surface area contributed by atoms with Crippen LogP contribution < -0.4 is 69.3 Å². The summed E-state index contributed by atoms with van der Waals surface area (Å²) in [7, 11) is 0. The van der Waals surface area contributed by atoms with Gasteiger partial charge < -0.3 is 15.0 Å². The molecule has 7 heavy (non-hydrogen) atoms. The van der Waals surface area contributed by atoms with E-state index in [1.807, 2.05) is 0 Å². The summed E-state index contributed by atoms with van der Waals surface area (Å²) in [6, 6.07) is 0. The number of carbonyl (C=O) groups is 1. The molecule has 0 aliphatic carbocycles. The van der Waals surface area contributed by atoms with E-state index < -0.39 is 6.16 Å². The Morgan fingerprint density at radius 1 is 1.14 bits per heavy atom. The predicted molar refractivity (Wildman–Crippen MR) is 5.40 cm³/mol. The minimum absolute atomic E-state index is 0.